The van der Waals surface area contributed by atoms with E-state index >= 15 is 0 Å². The van der Waals surface area contributed by atoms with Crippen LogP contribution in [0, 0.1) is 0 Å². The highest BCUT2D eigenvalue weighted by Gasteiger charge is 2.27. The molecule has 0 radical (unpaired) electrons. The van der Waals surface area contributed by atoms with Gasteiger partial charge in [-0.1, -0.05) is 18.0 Å². The molecule has 1 aliphatic rings. The van der Waals surface area contributed by atoms with Gasteiger partial charge in [-0.2, -0.15) is 5.10 Å². The van der Waals surface area contributed by atoms with Crippen molar-refractivity contribution in [2.24, 2.45) is 0 Å². The molecule has 0 aromatic carbocycles. The van der Waals surface area contributed by atoms with Gasteiger partial charge in [-0.05, 0) is 12.8 Å². The maximum absolute atomic E-state index is 10.6. The third-order valence-corrected chi connectivity index (χ3v) is 2.83. The van der Waals surface area contributed by atoms with Gasteiger partial charge >= 0.3 is 5.97 Å². The fraction of sp³-hybridized carbons (Fsp3) is 0.500. The minimum Gasteiger partial charge on any atom is -0.476 e. The Labute approximate surface area is 79.9 Å². The molecule has 70 valence electrons. The molecule has 1 heterocycles. The quantitative estimate of drug-likeness (QED) is 0.768. The number of halogens is 1. The van der Waals surface area contributed by atoms with Gasteiger partial charge in [0.2, 0.25) is 0 Å². The first-order valence-electron chi connectivity index (χ1n) is 4.17. The zero-order valence-corrected chi connectivity index (χ0v) is 7.64. The number of H-pyrrole nitrogens is 1. The lowest BCUT2D eigenvalue weighted by atomic mass is 9.83. The maximum atomic E-state index is 10.6. The number of nitrogens with zero attached hydrogens (tertiary/aromatic N) is 1. The predicted molar refractivity (Wildman–Crippen MR) is 47.1 cm³/mol. The molecule has 5 heteroatoms. The SMILES string of the molecule is O=C(O)c1n[nH]c(C2CCC2)c1Cl. The number of carboxylic acids is 1. The Balaban J connectivity index is 2.32. The fourth-order valence-electron chi connectivity index (χ4n) is 1.45. The van der Waals surface area contributed by atoms with E-state index in [9.17, 15) is 4.79 Å². The third-order valence-electron chi connectivity index (χ3n) is 2.45. The van der Waals surface area contributed by atoms with Crippen LogP contribution in [0.15, 0.2) is 0 Å². The number of hydrogen-bond donors (Lipinski definition) is 2. The number of rotatable bonds is 2. The highest BCUT2D eigenvalue weighted by atomic mass is 35.5. The normalized spacial score (nSPS) is 17.0. The van der Waals surface area contributed by atoms with Gasteiger partial charge in [-0.15, -0.1) is 0 Å². The van der Waals surface area contributed by atoms with Crippen LogP contribution in [0.1, 0.15) is 41.4 Å². The maximum Gasteiger partial charge on any atom is 0.357 e. The van der Waals surface area contributed by atoms with Crippen molar-refractivity contribution in [3.8, 4) is 0 Å². The molecule has 0 amide bonds. The van der Waals surface area contributed by atoms with Gasteiger partial charge in [0.05, 0.1) is 10.7 Å². The van der Waals surface area contributed by atoms with E-state index in [2.05, 4.69) is 10.2 Å². The summed E-state index contributed by atoms with van der Waals surface area (Å²) in [5.41, 5.74) is 0.717. The largest absolute Gasteiger partial charge is 0.476 e. The number of nitrogens with one attached hydrogen (secondary N) is 1. The molecule has 0 bridgehead atoms. The van der Waals surface area contributed by atoms with Crippen LogP contribution in [0.5, 0.6) is 0 Å². The summed E-state index contributed by atoms with van der Waals surface area (Å²) in [6.45, 7) is 0. The second kappa shape index (κ2) is 3.03. The Morgan fingerprint density at radius 1 is 1.62 bits per heavy atom. The van der Waals surface area contributed by atoms with Crippen LogP contribution in [0.4, 0.5) is 0 Å². The van der Waals surface area contributed by atoms with Crippen LogP contribution in [0.2, 0.25) is 5.02 Å². The van der Waals surface area contributed by atoms with Crippen LogP contribution in [0.25, 0.3) is 0 Å². The lowest BCUT2D eigenvalue weighted by Crippen LogP contribution is -2.09. The Kier molecular flexibility index (Phi) is 2.00. The smallest absolute Gasteiger partial charge is 0.357 e. The summed E-state index contributed by atoms with van der Waals surface area (Å²) in [6, 6.07) is 0. The Hall–Kier alpha value is -1.03. The molecule has 1 saturated carbocycles. The van der Waals surface area contributed by atoms with E-state index in [4.69, 9.17) is 16.7 Å². The zero-order chi connectivity index (χ0) is 9.42. The van der Waals surface area contributed by atoms with E-state index in [1.54, 1.807) is 0 Å². The Morgan fingerprint density at radius 3 is 2.69 bits per heavy atom. The summed E-state index contributed by atoms with van der Waals surface area (Å²) in [6.07, 6.45) is 3.32. The number of aromatic amines is 1. The molecule has 2 N–H and O–H groups in total. The van der Waals surface area contributed by atoms with Crippen molar-refractivity contribution in [2.45, 2.75) is 25.2 Å². The monoisotopic (exact) mass is 200 g/mol. The van der Waals surface area contributed by atoms with E-state index in [0.717, 1.165) is 18.5 Å². The summed E-state index contributed by atoms with van der Waals surface area (Å²) < 4.78 is 0. The highest BCUT2D eigenvalue weighted by molar-refractivity contribution is 6.33. The lowest BCUT2D eigenvalue weighted by molar-refractivity contribution is 0.0690. The molecule has 1 aromatic heterocycles. The summed E-state index contributed by atoms with van der Waals surface area (Å²) in [7, 11) is 0. The van der Waals surface area contributed by atoms with Crippen LogP contribution >= 0.6 is 11.6 Å². The van der Waals surface area contributed by atoms with Crippen molar-refractivity contribution >= 4 is 17.6 Å². The number of carboxylic acid groups (broad SMARTS) is 1. The molecule has 1 aromatic rings. The Bertz CT molecular complexity index is 344. The topological polar surface area (TPSA) is 66.0 Å². The highest BCUT2D eigenvalue weighted by Crippen LogP contribution is 2.39. The molecule has 0 saturated heterocycles. The summed E-state index contributed by atoms with van der Waals surface area (Å²) >= 11 is 5.85. The molecule has 0 spiro atoms. The minimum absolute atomic E-state index is 0.0661. The average molecular weight is 201 g/mol. The van der Waals surface area contributed by atoms with Gasteiger partial charge in [0.1, 0.15) is 0 Å². The van der Waals surface area contributed by atoms with E-state index < -0.39 is 5.97 Å². The first-order chi connectivity index (χ1) is 6.20. The van der Waals surface area contributed by atoms with Crippen LogP contribution in [-0.4, -0.2) is 21.3 Å². The van der Waals surface area contributed by atoms with Gasteiger partial charge < -0.3 is 5.11 Å². The molecular formula is C8H9ClN2O2. The number of hydrogen-bond acceptors (Lipinski definition) is 2. The van der Waals surface area contributed by atoms with Crippen LogP contribution < -0.4 is 0 Å². The predicted octanol–water partition coefficient (Wildman–Crippen LogP) is 2.03. The number of aromatic carboxylic acids is 1. The minimum atomic E-state index is -1.08. The van der Waals surface area contributed by atoms with Gasteiger partial charge in [-0.25, -0.2) is 4.79 Å². The average Bonchev–Trinajstić information content (AvgIpc) is 2.29. The van der Waals surface area contributed by atoms with E-state index in [1.165, 1.54) is 6.42 Å². The molecule has 0 atom stereocenters. The van der Waals surface area contributed by atoms with E-state index in [1.807, 2.05) is 0 Å². The van der Waals surface area contributed by atoms with E-state index in [-0.39, 0.29) is 10.7 Å². The van der Waals surface area contributed by atoms with Gasteiger partial charge in [0.15, 0.2) is 5.69 Å². The standard InChI is InChI=1S/C8H9ClN2O2/c9-5-6(4-2-1-3-4)10-11-7(5)8(12)13/h4H,1-3H2,(H,10,11)(H,12,13). The van der Waals surface area contributed by atoms with Gasteiger partial charge in [0.25, 0.3) is 0 Å². The molecule has 13 heavy (non-hydrogen) atoms. The van der Waals surface area contributed by atoms with Crippen molar-refractivity contribution in [2.75, 3.05) is 0 Å². The molecule has 1 aliphatic carbocycles. The van der Waals surface area contributed by atoms with Crippen molar-refractivity contribution in [1.29, 1.82) is 0 Å². The van der Waals surface area contributed by atoms with Crippen molar-refractivity contribution in [1.82, 2.24) is 10.2 Å². The van der Waals surface area contributed by atoms with Crippen molar-refractivity contribution in [3.05, 3.63) is 16.4 Å². The van der Waals surface area contributed by atoms with Crippen LogP contribution in [0.3, 0.4) is 0 Å². The van der Waals surface area contributed by atoms with Crippen molar-refractivity contribution in [3.63, 3.8) is 0 Å². The molecular weight excluding hydrogens is 192 g/mol. The van der Waals surface area contributed by atoms with Crippen molar-refractivity contribution < 1.29 is 9.90 Å². The summed E-state index contributed by atoms with van der Waals surface area (Å²) in [4.78, 5) is 10.6. The molecule has 0 aliphatic heterocycles. The summed E-state index contributed by atoms with van der Waals surface area (Å²) in [5, 5.41) is 15.3. The second-order valence-corrected chi connectivity index (χ2v) is 3.61. The molecule has 1 fully saturated rings. The van der Waals surface area contributed by atoms with Gasteiger partial charge in [0, 0.05) is 5.92 Å². The van der Waals surface area contributed by atoms with Gasteiger partial charge in [-0.3, -0.25) is 5.10 Å². The zero-order valence-electron chi connectivity index (χ0n) is 6.88. The molecule has 4 nitrogen and oxygen atoms in total. The lowest BCUT2D eigenvalue weighted by Gasteiger charge is -2.23. The first-order valence-corrected chi connectivity index (χ1v) is 4.55. The first kappa shape index (κ1) is 8.56. The second-order valence-electron chi connectivity index (χ2n) is 3.23. The summed E-state index contributed by atoms with van der Waals surface area (Å²) in [5.74, 6) is -0.695. The fourth-order valence-corrected chi connectivity index (χ4v) is 1.77. The third kappa shape index (κ3) is 1.31. The Morgan fingerprint density at radius 2 is 2.31 bits per heavy atom. The van der Waals surface area contributed by atoms with Crippen LogP contribution in [-0.2, 0) is 0 Å². The van der Waals surface area contributed by atoms with E-state index in [0.29, 0.717) is 5.92 Å². The molecule has 0 unspecified atom stereocenters. The number of aromatic nitrogens is 2. The molecule has 2 rings (SSSR count). The number of carbonyl (C=O) groups is 1.